The lowest BCUT2D eigenvalue weighted by molar-refractivity contribution is -0.119. The first kappa shape index (κ1) is 17.1. The molecule has 2 aromatic rings. The largest absolute Gasteiger partial charge is 0.492 e. The zero-order valence-corrected chi connectivity index (χ0v) is 14.6. The maximum Gasteiger partial charge on any atom is 0.239 e. The SMILES string of the molecule is Cc1cccc(OCCNC(=O)CN2CCCc3c(N)cccc32)c1. The minimum Gasteiger partial charge on any atom is -0.492 e. The molecule has 0 radical (unpaired) electrons. The Hall–Kier alpha value is -2.69. The van der Waals surface area contributed by atoms with Crippen molar-refractivity contribution in [2.45, 2.75) is 19.8 Å². The number of nitrogens with two attached hydrogens (primary N) is 1. The van der Waals surface area contributed by atoms with Gasteiger partial charge in [0.05, 0.1) is 13.1 Å². The lowest BCUT2D eigenvalue weighted by atomic mass is 10.00. The standard InChI is InChI=1S/C20H25N3O2/c1-15-5-2-6-16(13-15)25-12-10-22-20(24)14-23-11-4-7-17-18(21)8-3-9-19(17)23/h2-3,5-6,8-9,13H,4,7,10-12,14,21H2,1H3,(H,22,24). The Morgan fingerprint density at radius 3 is 2.96 bits per heavy atom. The van der Waals surface area contributed by atoms with E-state index in [1.54, 1.807) is 0 Å². The number of rotatable bonds is 6. The van der Waals surface area contributed by atoms with Crippen LogP contribution < -0.4 is 20.7 Å². The molecule has 1 aliphatic heterocycles. The van der Waals surface area contributed by atoms with Crippen molar-refractivity contribution >= 4 is 17.3 Å². The van der Waals surface area contributed by atoms with Crippen LogP contribution in [0.2, 0.25) is 0 Å². The number of nitrogens with one attached hydrogen (secondary N) is 1. The Kier molecular flexibility index (Phi) is 5.43. The molecule has 1 heterocycles. The molecule has 0 saturated carbocycles. The first-order valence-electron chi connectivity index (χ1n) is 8.72. The van der Waals surface area contributed by atoms with Crippen molar-refractivity contribution in [3.05, 3.63) is 53.6 Å². The zero-order chi connectivity index (χ0) is 17.6. The lowest BCUT2D eigenvalue weighted by Crippen LogP contribution is -2.41. The molecular formula is C20H25N3O2. The number of hydrogen-bond donors (Lipinski definition) is 2. The third-order valence-electron chi connectivity index (χ3n) is 4.40. The fraction of sp³-hybridized carbons (Fsp3) is 0.350. The summed E-state index contributed by atoms with van der Waals surface area (Å²) in [5.41, 5.74) is 10.3. The molecule has 0 atom stereocenters. The van der Waals surface area contributed by atoms with Crippen LogP contribution in [-0.4, -0.2) is 32.1 Å². The van der Waals surface area contributed by atoms with Gasteiger partial charge in [-0.15, -0.1) is 0 Å². The average Bonchev–Trinajstić information content (AvgIpc) is 2.60. The van der Waals surface area contributed by atoms with E-state index in [9.17, 15) is 4.79 Å². The van der Waals surface area contributed by atoms with Gasteiger partial charge < -0.3 is 20.7 Å². The number of fused-ring (bicyclic) bond motifs is 1. The van der Waals surface area contributed by atoms with Crippen molar-refractivity contribution in [3.8, 4) is 5.75 Å². The summed E-state index contributed by atoms with van der Waals surface area (Å²) in [6.07, 6.45) is 2.00. The summed E-state index contributed by atoms with van der Waals surface area (Å²) >= 11 is 0. The Morgan fingerprint density at radius 1 is 1.28 bits per heavy atom. The van der Waals surface area contributed by atoms with E-state index < -0.39 is 0 Å². The van der Waals surface area contributed by atoms with Crippen molar-refractivity contribution < 1.29 is 9.53 Å². The summed E-state index contributed by atoms with van der Waals surface area (Å²) in [6.45, 7) is 4.20. The maximum atomic E-state index is 12.2. The number of carbonyl (C=O) groups excluding carboxylic acids is 1. The van der Waals surface area contributed by atoms with Gasteiger partial charge in [0.2, 0.25) is 5.91 Å². The van der Waals surface area contributed by atoms with Gasteiger partial charge >= 0.3 is 0 Å². The molecule has 25 heavy (non-hydrogen) atoms. The van der Waals surface area contributed by atoms with Gasteiger partial charge in [-0.05, 0) is 55.2 Å². The number of anilines is 2. The van der Waals surface area contributed by atoms with Crippen LogP contribution in [0.3, 0.4) is 0 Å². The highest BCUT2D eigenvalue weighted by molar-refractivity contribution is 5.82. The van der Waals surface area contributed by atoms with Crippen molar-refractivity contribution in [2.24, 2.45) is 0 Å². The predicted octanol–water partition coefficient (Wildman–Crippen LogP) is 2.53. The molecule has 0 fully saturated rings. The summed E-state index contributed by atoms with van der Waals surface area (Å²) in [7, 11) is 0. The molecule has 0 saturated heterocycles. The minimum atomic E-state index is 0.00289. The van der Waals surface area contributed by atoms with Gasteiger partial charge in [0, 0.05) is 17.9 Å². The lowest BCUT2D eigenvalue weighted by Gasteiger charge is -2.31. The molecule has 1 amide bonds. The van der Waals surface area contributed by atoms with Crippen LogP contribution in [0, 0.1) is 6.92 Å². The van der Waals surface area contributed by atoms with Crippen LogP contribution in [0.5, 0.6) is 5.75 Å². The quantitative estimate of drug-likeness (QED) is 0.627. The highest BCUT2D eigenvalue weighted by Gasteiger charge is 2.20. The summed E-state index contributed by atoms with van der Waals surface area (Å²) in [4.78, 5) is 14.3. The monoisotopic (exact) mass is 339 g/mol. The third kappa shape index (κ3) is 4.44. The van der Waals surface area contributed by atoms with Gasteiger partial charge in [0.1, 0.15) is 12.4 Å². The Labute approximate surface area is 148 Å². The van der Waals surface area contributed by atoms with Crippen molar-refractivity contribution in [3.63, 3.8) is 0 Å². The van der Waals surface area contributed by atoms with Gasteiger partial charge in [-0.1, -0.05) is 18.2 Å². The predicted molar refractivity (Wildman–Crippen MR) is 101 cm³/mol. The first-order valence-corrected chi connectivity index (χ1v) is 8.72. The highest BCUT2D eigenvalue weighted by atomic mass is 16.5. The average molecular weight is 339 g/mol. The second-order valence-corrected chi connectivity index (χ2v) is 6.38. The summed E-state index contributed by atoms with van der Waals surface area (Å²) in [5, 5.41) is 2.92. The van der Waals surface area contributed by atoms with Crippen LogP contribution in [0.15, 0.2) is 42.5 Å². The second-order valence-electron chi connectivity index (χ2n) is 6.38. The summed E-state index contributed by atoms with van der Waals surface area (Å²) < 4.78 is 5.65. The molecular weight excluding hydrogens is 314 g/mol. The topological polar surface area (TPSA) is 67.6 Å². The molecule has 5 heteroatoms. The van der Waals surface area contributed by atoms with Crippen LogP contribution in [0.1, 0.15) is 17.5 Å². The Bertz CT molecular complexity index is 745. The van der Waals surface area contributed by atoms with Crippen LogP contribution >= 0.6 is 0 Å². The number of nitrogen functional groups attached to an aromatic ring is 1. The van der Waals surface area contributed by atoms with E-state index >= 15 is 0 Å². The molecule has 0 spiro atoms. The highest BCUT2D eigenvalue weighted by Crippen LogP contribution is 2.30. The van der Waals surface area contributed by atoms with E-state index in [4.69, 9.17) is 10.5 Å². The maximum absolute atomic E-state index is 12.2. The van der Waals surface area contributed by atoms with Gasteiger partial charge in [-0.2, -0.15) is 0 Å². The van der Waals surface area contributed by atoms with E-state index in [0.717, 1.165) is 47.6 Å². The van der Waals surface area contributed by atoms with E-state index in [0.29, 0.717) is 19.7 Å². The number of hydrogen-bond acceptors (Lipinski definition) is 4. The molecule has 3 rings (SSSR count). The van der Waals surface area contributed by atoms with E-state index in [1.807, 2.05) is 49.4 Å². The number of benzene rings is 2. The third-order valence-corrected chi connectivity index (χ3v) is 4.40. The van der Waals surface area contributed by atoms with Crippen molar-refractivity contribution in [1.82, 2.24) is 5.32 Å². The summed E-state index contributed by atoms with van der Waals surface area (Å²) in [5.74, 6) is 0.831. The van der Waals surface area contributed by atoms with E-state index in [-0.39, 0.29) is 5.91 Å². The smallest absolute Gasteiger partial charge is 0.239 e. The first-order chi connectivity index (χ1) is 12.1. The Balaban J connectivity index is 1.47. The van der Waals surface area contributed by atoms with Gasteiger partial charge in [-0.25, -0.2) is 0 Å². The molecule has 0 unspecified atom stereocenters. The van der Waals surface area contributed by atoms with Crippen LogP contribution in [0.4, 0.5) is 11.4 Å². The molecule has 1 aliphatic rings. The zero-order valence-electron chi connectivity index (χ0n) is 14.6. The van der Waals surface area contributed by atoms with Crippen molar-refractivity contribution in [1.29, 1.82) is 0 Å². The molecule has 0 bridgehead atoms. The number of ether oxygens (including phenoxy) is 1. The van der Waals surface area contributed by atoms with Gasteiger partial charge in [-0.3, -0.25) is 4.79 Å². The fourth-order valence-corrected chi connectivity index (χ4v) is 3.19. The molecule has 132 valence electrons. The molecule has 0 aromatic heterocycles. The van der Waals surface area contributed by atoms with Crippen LogP contribution in [0.25, 0.3) is 0 Å². The number of aryl methyl sites for hydroxylation is 1. The molecule has 2 aromatic carbocycles. The fourth-order valence-electron chi connectivity index (χ4n) is 3.19. The number of nitrogens with zero attached hydrogens (tertiary/aromatic N) is 1. The molecule has 3 N–H and O–H groups in total. The minimum absolute atomic E-state index is 0.00289. The Morgan fingerprint density at radius 2 is 2.12 bits per heavy atom. The van der Waals surface area contributed by atoms with Gasteiger partial charge in [0.25, 0.3) is 0 Å². The van der Waals surface area contributed by atoms with Crippen molar-refractivity contribution in [2.75, 3.05) is 36.9 Å². The number of amides is 1. The van der Waals surface area contributed by atoms with Crippen LogP contribution in [-0.2, 0) is 11.2 Å². The molecule has 5 nitrogen and oxygen atoms in total. The summed E-state index contributed by atoms with van der Waals surface area (Å²) in [6, 6.07) is 13.8. The number of carbonyl (C=O) groups is 1. The second kappa shape index (κ2) is 7.92. The van der Waals surface area contributed by atoms with Gasteiger partial charge in [0.15, 0.2) is 0 Å². The van der Waals surface area contributed by atoms with E-state index in [2.05, 4.69) is 10.2 Å². The normalized spacial score (nSPS) is 13.2. The molecule has 0 aliphatic carbocycles. The van der Waals surface area contributed by atoms with E-state index in [1.165, 1.54) is 0 Å².